The summed E-state index contributed by atoms with van der Waals surface area (Å²) in [5, 5.41) is 7.72. The Labute approximate surface area is 257 Å². The summed E-state index contributed by atoms with van der Waals surface area (Å²) in [4.78, 5) is 34.0. The Morgan fingerprint density at radius 1 is 1.11 bits per heavy atom. The first-order valence-corrected chi connectivity index (χ1v) is 15.7. The van der Waals surface area contributed by atoms with Crippen LogP contribution in [0.15, 0.2) is 67.6 Å². The van der Waals surface area contributed by atoms with E-state index in [1.54, 1.807) is 6.33 Å². The molecule has 3 N–H and O–H groups in total. The zero-order valence-corrected chi connectivity index (χ0v) is 25.2. The van der Waals surface area contributed by atoms with Gasteiger partial charge in [0, 0.05) is 36.7 Å². The van der Waals surface area contributed by atoms with Gasteiger partial charge in [-0.3, -0.25) is 14.7 Å². The number of fused-ring (bicyclic) bond motifs is 3. The van der Waals surface area contributed by atoms with Crippen molar-refractivity contribution in [2.24, 2.45) is 0 Å². The van der Waals surface area contributed by atoms with Crippen molar-refractivity contribution < 1.29 is 9.53 Å². The number of aromatic nitrogens is 4. The van der Waals surface area contributed by atoms with Gasteiger partial charge in [0.25, 0.3) is 0 Å². The molecule has 1 amide bonds. The number of likely N-dealkylation sites (tertiary alicyclic amines) is 1. The number of amides is 1. The maximum atomic E-state index is 11.8. The summed E-state index contributed by atoms with van der Waals surface area (Å²) in [5.74, 6) is 0.908. The van der Waals surface area contributed by atoms with E-state index in [0.29, 0.717) is 12.1 Å². The number of carbonyl (C=O) groups excluding carboxylic acids is 1. The molecule has 44 heavy (non-hydrogen) atoms. The lowest BCUT2D eigenvalue weighted by atomic mass is 10.0. The van der Waals surface area contributed by atoms with Crippen LogP contribution in [0.25, 0.3) is 22.3 Å². The average Bonchev–Trinajstić information content (AvgIpc) is 3.59. The highest BCUT2D eigenvalue weighted by molar-refractivity contribution is 5.92. The summed E-state index contributed by atoms with van der Waals surface area (Å²) in [6.45, 7) is 9.94. The second-order valence-electron chi connectivity index (χ2n) is 12.3. The molecule has 3 unspecified atom stereocenters. The molecule has 3 aromatic heterocycles. The number of carbonyl (C=O) groups is 1. The molecule has 2 bridgehead atoms. The van der Waals surface area contributed by atoms with E-state index in [1.165, 1.54) is 11.6 Å². The number of rotatable bonds is 9. The van der Waals surface area contributed by atoms with Crippen LogP contribution in [-0.4, -0.2) is 75.2 Å². The van der Waals surface area contributed by atoms with Crippen LogP contribution in [0.2, 0.25) is 0 Å². The fraction of sp³-hybridized carbons (Fsp3) is 0.412. The Kier molecular flexibility index (Phi) is 8.01. The minimum Gasteiger partial charge on any atom is -0.377 e. The minimum absolute atomic E-state index is 0.0385. The van der Waals surface area contributed by atoms with E-state index in [9.17, 15) is 4.79 Å². The zero-order chi connectivity index (χ0) is 30.0. The maximum absolute atomic E-state index is 11.8. The van der Waals surface area contributed by atoms with Gasteiger partial charge >= 0.3 is 0 Å². The summed E-state index contributed by atoms with van der Waals surface area (Å²) in [6, 6.07) is 15.9. The van der Waals surface area contributed by atoms with Gasteiger partial charge in [0.1, 0.15) is 17.8 Å². The number of piperidine rings is 1. The monoisotopic (exact) mass is 592 g/mol. The van der Waals surface area contributed by atoms with E-state index in [2.05, 4.69) is 91.4 Å². The standard InChI is InChI=1S/C34H40N8O2/c1-3-32(43)39-26-5-4-14-41(18-26)17-23-12-13-35-30(15-23)22(2)38-25-8-6-24(7-9-25)31-16-29-33(40-31)36-21-37-34(29)42-27-10-11-28(42)20-44-19-27/h3,6-9,12-13,15-16,21-22,26-28,38H,1,4-5,10-11,14,17-20H2,2H3,(H,39,43)(H,36,37,40)/t22?,26-,27?,28?/m1/s1. The number of pyridine rings is 1. The number of H-pyrrole nitrogens is 1. The maximum Gasteiger partial charge on any atom is 0.243 e. The fourth-order valence-electron chi connectivity index (χ4n) is 7.00. The van der Waals surface area contributed by atoms with Crippen molar-refractivity contribution in [3.63, 3.8) is 0 Å². The molecule has 10 heteroatoms. The van der Waals surface area contributed by atoms with Crippen molar-refractivity contribution in [1.82, 2.24) is 30.2 Å². The lowest BCUT2D eigenvalue weighted by Gasteiger charge is -2.35. The lowest BCUT2D eigenvalue weighted by molar-refractivity contribution is -0.117. The second-order valence-corrected chi connectivity index (χ2v) is 12.3. The van der Waals surface area contributed by atoms with Crippen LogP contribution in [-0.2, 0) is 16.1 Å². The normalized spacial score (nSPS) is 22.6. The number of anilines is 2. The number of nitrogens with one attached hydrogen (secondary N) is 3. The summed E-state index contributed by atoms with van der Waals surface area (Å²) in [7, 11) is 0. The van der Waals surface area contributed by atoms with Crippen LogP contribution >= 0.6 is 0 Å². The van der Waals surface area contributed by atoms with Crippen LogP contribution in [0, 0.1) is 0 Å². The van der Waals surface area contributed by atoms with Gasteiger partial charge in [-0.05, 0) is 86.7 Å². The van der Waals surface area contributed by atoms with Gasteiger partial charge in [-0.1, -0.05) is 18.7 Å². The number of hydrogen-bond donors (Lipinski definition) is 3. The molecule has 4 atom stereocenters. The summed E-state index contributed by atoms with van der Waals surface area (Å²) >= 11 is 0. The summed E-state index contributed by atoms with van der Waals surface area (Å²) in [5.41, 5.74) is 6.24. The molecule has 7 rings (SSSR count). The van der Waals surface area contributed by atoms with Gasteiger partial charge in [0.2, 0.25) is 5.91 Å². The highest BCUT2D eigenvalue weighted by Gasteiger charge is 2.39. The quantitative estimate of drug-likeness (QED) is 0.237. The first-order valence-electron chi connectivity index (χ1n) is 15.7. The Morgan fingerprint density at radius 3 is 2.73 bits per heavy atom. The highest BCUT2D eigenvalue weighted by atomic mass is 16.5. The predicted octanol–water partition coefficient (Wildman–Crippen LogP) is 4.83. The van der Waals surface area contributed by atoms with Crippen LogP contribution in [0.3, 0.4) is 0 Å². The van der Waals surface area contributed by atoms with Crippen LogP contribution in [0.5, 0.6) is 0 Å². The average molecular weight is 593 g/mol. The molecule has 1 aromatic carbocycles. The van der Waals surface area contributed by atoms with E-state index >= 15 is 0 Å². The molecule has 0 spiro atoms. The third-order valence-corrected chi connectivity index (χ3v) is 9.20. The third kappa shape index (κ3) is 5.92. The number of nitrogens with zero attached hydrogens (tertiary/aromatic N) is 5. The number of benzene rings is 1. The van der Waals surface area contributed by atoms with Crippen molar-refractivity contribution in [2.75, 3.05) is 36.5 Å². The van der Waals surface area contributed by atoms with Gasteiger partial charge in [0.15, 0.2) is 0 Å². The van der Waals surface area contributed by atoms with E-state index in [-0.39, 0.29) is 18.0 Å². The van der Waals surface area contributed by atoms with Gasteiger partial charge in [-0.25, -0.2) is 9.97 Å². The van der Waals surface area contributed by atoms with E-state index in [1.807, 2.05) is 6.20 Å². The molecule has 6 heterocycles. The van der Waals surface area contributed by atoms with Gasteiger partial charge < -0.3 is 25.3 Å². The van der Waals surface area contributed by atoms with Gasteiger partial charge in [-0.2, -0.15) is 0 Å². The number of ether oxygens (including phenoxy) is 1. The molecular formula is C34H40N8O2. The van der Waals surface area contributed by atoms with Crippen LogP contribution < -0.4 is 15.5 Å². The topological polar surface area (TPSA) is 111 Å². The molecule has 3 aliphatic rings. The molecule has 228 valence electrons. The predicted molar refractivity (Wildman–Crippen MR) is 172 cm³/mol. The van der Waals surface area contributed by atoms with E-state index < -0.39 is 0 Å². The zero-order valence-electron chi connectivity index (χ0n) is 25.2. The molecule has 3 fully saturated rings. The summed E-state index contributed by atoms with van der Waals surface area (Å²) in [6.07, 6.45) is 9.27. The SMILES string of the molecule is C=CC(=O)N[C@@H]1CCCN(Cc2ccnc(C(C)Nc3ccc(-c4cc5c(N6C7CCC6COC7)ncnc5[nH]4)cc3)c2)C1. The van der Waals surface area contributed by atoms with Crippen LogP contribution in [0.4, 0.5) is 11.5 Å². The van der Waals surface area contributed by atoms with E-state index in [4.69, 9.17) is 9.72 Å². The Hall–Kier alpha value is -4.28. The van der Waals surface area contributed by atoms with E-state index in [0.717, 1.165) is 98.0 Å². The van der Waals surface area contributed by atoms with Crippen molar-refractivity contribution in [3.05, 3.63) is 78.9 Å². The Bertz CT molecular complexity index is 1620. The molecule has 0 radical (unpaired) electrons. The van der Waals surface area contributed by atoms with Crippen LogP contribution in [0.1, 0.15) is 49.9 Å². The molecule has 4 aromatic rings. The largest absolute Gasteiger partial charge is 0.377 e. The van der Waals surface area contributed by atoms with Crippen molar-refractivity contribution in [1.29, 1.82) is 0 Å². The number of hydrogen-bond acceptors (Lipinski definition) is 8. The lowest BCUT2D eigenvalue weighted by Crippen LogP contribution is -2.46. The van der Waals surface area contributed by atoms with Crippen molar-refractivity contribution in [3.8, 4) is 11.3 Å². The minimum atomic E-state index is -0.101. The Morgan fingerprint density at radius 2 is 1.93 bits per heavy atom. The number of morpholine rings is 1. The molecule has 3 aliphatic heterocycles. The molecule has 0 saturated carbocycles. The number of aromatic amines is 1. The summed E-state index contributed by atoms with van der Waals surface area (Å²) < 4.78 is 5.80. The molecule has 10 nitrogen and oxygen atoms in total. The van der Waals surface area contributed by atoms with Gasteiger partial charge in [0.05, 0.1) is 42.4 Å². The smallest absolute Gasteiger partial charge is 0.243 e. The molecule has 3 saturated heterocycles. The third-order valence-electron chi connectivity index (χ3n) is 9.20. The first kappa shape index (κ1) is 28.5. The highest BCUT2D eigenvalue weighted by Crippen LogP contribution is 2.37. The molecular weight excluding hydrogens is 552 g/mol. The fourth-order valence-corrected chi connectivity index (χ4v) is 7.00. The Balaban J connectivity index is 1.01. The second kappa shape index (κ2) is 12.4. The molecule has 0 aliphatic carbocycles. The first-order chi connectivity index (χ1) is 21.5. The van der Waals surface area contributed by atoms with Gasteiger partial charge in [-0.15, -0.1) is 0 Å². The van der Waals surface area contributed by atoms with Crippen molar-refractivity contribution >= 4 is 28.4 Å². The van der Waals surface area contributed by atoms with Crippen molar-refractivity contribution in [2.45, 2.75) is 63.3 Å².